The Hall–Kier alpha value is -0.500. The van der Waals surface area contributed by atoms with Gasteiger partial charge in [-0.1, -0.05) is 25.5 Å². The summed E-state index contributed by atoms with van der Waals surface area (Å²) in [6.07, 6.45) is 7.37. The molecule has 1 heterocycles. The van der Waals surface area contributed by atoms with Crippen LogP contribution in [0.2, 0.25) is 0 Å². The predicted molar refractivity (Wildman–Crippen MR) is 124 cm³/mol. The van der Waals surface area contributed by atoms with E-state index in [1.165, 1.54) is 5.57 Å². The van der Waals surface area contributed by atoms with Gasteiger partial charge < -0.3 is 29.9 Å². The zero-order chi connectivity index (χ0) is 23.8. The summed E-state index contributed by atoms with van der Waals surface area (Å²) in [7, 11) is 0. The molecule has 4 fully saturated rings. The summed E-state index contributed by atoms with van der Waals surface area (Å²) in [6, 6.07) is 0. The monoisotopic (exact) mass is 464 g/mol. The van der Waals surface area contributed by atoms with E-state index in [-0.39, 0.29) is 34.9 Å². The largest absolute Gasteiger partial charge is 0.393 e. The van der Waals surface area contributed by atoms with Gasteiger partial charge in [0.2, 0.25) is 0 Å². The Morgan fingerprint density at radius 1 is 1.09 bits per heavy atom. The zero-order valence-corrected chi connectivity index (χ0v) is 20.7. The summed E-state index contributed by atoms with van der Waals surface area (Å²) < 4.78 is 12.1. The highest BCUT2D eigenvalue weighted by molar-refractivity contribution is 5.28. The minimum Gasteiger partial charge on any atom is -0.393 e. The van der Waals surface area contributed by atoms with E-state index in [0.717, 1.165) is 51.4 Å². The molecule has 188 valence electrons. The number of fused-ring (bicyclic) bond motifs is 5. The maximum absolute atomic E-state index is 12.1. The van der Waals surface area contributed by atoms with E-state index in [0.29, 0.717) is 12.3 Å². The lowest BCUT2D eigenvalue weighted by Gasteiger charge is -2.61. The zero-order valence-electron chi connectivity index (χ0n) is 20.7. The van der Waals surface area contributed by atoms with Gasteiger partial charge in [-0.25, -0.2) is 0 Å². The van der Waals surface area contributed by atoms with E-state index in [9.17, 15) is 20.4 Å². The van der Waals surface area contributed by atoms with Crippen LogP contribution in [0.15, 0.2) is 11.6 Å². The molecule has 33 heavy (non-hydrogen) atoms. The molecule has 0 bridgehead atoms. The van der Waals surface area contributed by atoms with Crippen LogP contribution in [0.4, 0.5) is 0 Å². The molecule has 0 unspecified atom stereocenters. The number of hydrogen-bond donors (Lipinski definition) is 4. The van der Waals surface area contributed by atoms with Gasteiger partial charge in [-0.05, 0) is 88.4 Å². The maximum Gasteiger partial charge on any atom is 0.161 e. The minimum absolute atomic E-state index is 0.0589. The van der Waals surface area contributed by atoms with E-state index in [2.05, 4.69) is 19.9 Å². The summed E-state index contributed by atoms with van der Waals surface area (Å²) in [4.78, 5) is 0. The first-order valence-electron chi connectivity index (χ1n) is 13.3. The molecule has 0 spiro atoms. The van der Waals surface area contributed by atoms with Crippen LogP contribution in [0.3, 0.4) is 0 Å². The average Bonchev–Trinajstić information content (AvgIpc) is 3.04. The van der Waals surface area contributed by atoms with Crippen LogP contribution in [-0.2, 0) is 9.47 Å². The Labute approximate surface area is 198 Å². The second-order valence-electron chi connectivity index (χ2n) is 12.4. The smallest absolute Gasteiger partial charge is 0.161 e. The fraction of sp³-hybridized carbons (Fsp3) is 0.926. The maximum atomic E-state index is 12.1. The Bertz CT molecular complexity index is 771. The minimum atomic E-state index is -0.857. The van der Waals surface area contributed by atoms with Crippen LogP contribution in [0.1, 0.15) is 85.5 Å². The molecule has 4 aliphatic carbocycles. The highest BCUT2D eigenvalue weighted by atomic mass is 16.7. The number of aliphatic hydroxyl groups is 4. The van der Waals surface area contributed by atoms with Gasteiger partial charge in [-0.15, -0.1) is 0 Å². The summed E-state index contributed by atoms with van der Waals surface area (Å²) >= 11 is 0. The lowest BCUT2D eigenvalue weighted by molar-refractivity contribution is -0.262. The van der Waals surface area contributed by atoms with Crippen molar-refractivity contribution >= 4 is 0 Å². The molecule has 3 saturated carbocycles. The lowest BCUT2D eigenvalue weighted by atomic mass is 9.45. The SMILES string of the molecule is C[C@H](O)[C@H]1CC[C@]2(O)[C@@H]3CC=C4C[C@@H](O[C@H]5C[C@H](O)[C@H](O)[C@@H](C)O5)CC[C@]4(C)[C@H]3CC[C@]12C. The Morgan fingerprint density at radius 2 is 1.85 bits per heavy atom. The van der Waals surface area contributed by atoms with Gasteiger partial charge in [0, 0.05) is 11.8 Å². The molecule has 5 rings (SSSR count). The summed E-state index contributed by atoms with van der Waals surface area (Å²) in [5.41, 5.74) is 0.643. The number of aliphatic hydroxyl groups excluding tert-OH is 3. The van der Waals surface area contributed by atoms with Crippen molar-refractivity contribution in [1.82, 2.24) is 0 Å². The Kier molecular flexibility index (Phi) is 6.07. The van der Waals surface area contributed by atoms with Crippen LogP contribution in [0, 0.1) is 28.6 Å². The Balaban J connectivity index is 1.31. The summed E-state index contributed by atoms with van der Waals surface area (Å²) in [5.74, 6) is 0.898. The molecule has 0 amide bonds. The van der Waals surface area contributed by atoms with Gasteiger partial charge in [-0.3, -0.25) is 0 Å². The molecular weight excluding hydrogens is 420 g/mol. The third kappa shape index (κ3) is 3.58. The van der Waals surface area contributed by atoms with E-state index >= 15 is 0 Å². The van der Waals surface area contributed by atoms with E-state index < -0.39 is 30.2 Å². The van der Waals surface area contributed by atoms with Gasteiger partial charge in [0.05, 0.1) is 30.0 Å². The normalized spacial score (nSPS) is 55.2. The van der Waals surface area contributed by atoms with Crippen LogP contribution < -0.4 is 0 Å². The quantitative estimate of drug-likeness (QED) is 0.479. The van der Waals surface area contributed by atoms with E-state index in [1.54, 1.807) is 6.92 Å². The first-order valence-corrected chi connectivity index (χ1v) is 13.3. The molecule has 0 radical (unpaired) electrons. The van der Waals surface area contributed by atoms with E-state index in [1.807, 2.05) is 6.92 Å². The van der Waals surface area contributed by atoms with Crippen molar-refractivity contribution in [3.63, 3.8) is 0 Å². The van der Waals surface area contributed by atoms with Crippen LogP contribution in [0.5, 0.6) is 0 Å². The molecule has 12 atom stereocenters. The second kappa shape index (κ2) is 8.28. The van der Waals surface area contributed by atoms with Crippen LogP contribution >= 0.6 is 0 Å². The first-order chi connectivity index (χ1) is 15.5. The molecule has 1 aliphatic heterocycles. The molecule has 5 aliphatic rings. The topological polar surface area (TPSA) is 99.4 Å². The summed E-state index contributed by atoms with van der Waals surface area (Å²) in [5, 5.41) is 42.6. The predicted octanol–water partition coefficient (Wildman–Crippen LogP) is 3.30. The van der Waals surface area contributed by atoms with Crippen LogP contribution in [-0.4, -0.2) is 62.8 Å². The molecule has 6 nitrogen and oxygen atoms in total. The second-order valence-corrected chi connectivity index (χ2v) is 12.4. The van der Waals surface area contributed by atoms with Crippen molar-refractivity contribution < 1.29 is 29.9 Å². The van der Waals surface area contributed by atoms with Crippen molar-refractivity contribution in [2.45, 2.75) is 128 Å². The molecule has 4 N–H and O–H groups in total. The number of allylic oxidation sites excluding steroid dienone is 1. The van der Waals surface area contributed by atoms with Crippen molar-refractivity contribution in [1.29, 1.82) is 0 Å². The van der Waals surface area contributed by atoms with Gasteiger partial charge in [0.15, 0.2) is 6.29 Å². The van der Waals surface area contributed by atoms with E-state index in [4.69, 9.17) is 9.47 Å². The molecular formula is C27H44O6. The van der Waals surface area contributed by atoms with Crippen molar-refractivity contribution in [3.8, 4) is 0 Å². The fourth-order valence-corrected chi connectivity index (χ4v) is 8.85. The number of ether oxygens (including phenoxy) is 2. The average molecular weight is 465 g/mol. The van der Waals surface area contributed by atoms with Crippen molar-refractivity contribution in [2.24, 2.45) is 28.6 Å². The third-order valence-corrected chi connectivity index (χ3v) is 10.9. The Morgan fingerprint density at radius 3 is 2.55 bits per heavy atom. The van der Waals surface area contributed by atoms with Gasteiger partial charge in [0.25, 0.3) is 0 Å². The lowest BCUT2D eigenvalue weighted by Crippen LogP contribution is -2.61. The standard InChI is InChI=1S/C27H44O6/c1-15(28)19-9-12-27(31)21-6-5-17-13-18(33-23-14-22(29)24(30)16(2)32-23)7-10-25(17,3)20(21)8-11-26(19,27)4/h5,15-16,18-24,28-31H,6-14H2,1-4H3/t15-,16+,18-,19+,20-,21+,22-,23-,24+,25-,26+,27-/m0/s1. The summed E-state index contributed by atoms with van der Waals surface area (Å²) in [6.45, 7) is 8.30. The van der Waals surface area contributed by atoms with Gasteiger partial charge >= 0.3 is 0 Å². The molecule has 1 saturated heterocycles. The molecule has 0 aromatic heterocycles. The van der Waals surface area contributed by atoms with Gasteiger partial charge in [-0.2, -0.15) is 0 Å². The highest BCUT2D eigenvalue weighted by Gasteiger charge is 2.66. The van der Waals surface area contributed by atoms with Crippen molar-refractivity contribution in [2.75, 3.05) is 0 Å². The van der Waals surface area contributed by atoms with Crippen molar-refractivity contribution in [3.05, 3.63) is 11.6 Å². The fourth-order valence-electron chi connectivity index (χ4n) is 8.85. The highest BCUT2D eigenvalue weighted by Crippen LogP contribution is 2.68. The molecule has 0 aromatic carbocycles. The molecule has 6 heteroatoms. The van der Waals surface area contributed by atoms with Crippen LogP contribution in [0.25, 0.3) is 0 Å². The third-order valence-electron chi connectivity index (χ3n) is 10.9. The first kappa shape index (κ1) is 24.2. The number of rotatable bonds is 3. The number of hydrogen-bond acceptors (Lipinski definition) is 6. The molecule has 0 aromatic rings. The van der Waals surface area contributed by atoms with Gasteiger partial charge in [0.1, 0.15) is 6.10 Å².